The van der Waals surface area contributed by atoms with Crippen molar-refractivity contribution < 1.29 is 4.74 Å². The van der Waals surface area contributed by atoms with Gasteiger partial charge in [-0.1, -0.05) is 20.8 Å². The van der Waals surface area contributed by atoms with Crippen LogP contribution in [0.25, 0.3) is 0 Å². The summed E-state index contributed by atoms with van der Waals surface area (Å²) >= 11 is 0. The van der Waals surface area contributed by atoms with E-state index >= 15 is 0 Å². The minimum Gasteiger partial charge on any atom is -0.379 e. The minimum absolute atomic E-state index is 0.419. The predicted molar refractivity (Wildman–Crippen MR) is 49.7 cm³/mol. The molecule has 0 heterocycles. The highest BCUT2D eigenvalue weighted by molar-refractivity contribution is 4.62. The lowest BCUT2D eigenvalue weighted by Crippen LogP contribution is -2.19. The zero-order valence-electron chi connectivity index (χ0n) is 8.55. The van der Waals surface area contributed by atoms with Gasteiger partial charge in [0.05, 0.1) is 6.10 Å². The van der Waals surface area contributed by atoms with Crippen molar-refractivity contribution in [2.75, 3.05) is 6.61 Å². The maximum absolute atomic E-state index is 5.50. The van der Waals surface area contributed by atoms with Crippen LogP contribution < -0.4 is 0 Å². The molecular weight excluding hydrogens is 136 g/mol. The van der Waals surface area contributed by atoms with Gasteiger partial charge in [-0.2, -0.15) is 0 Å². The van der Waals surface area contributed by atoms with Gasteiger partial charge in [-0.3, -0.25) is 0 Å². The third-order valence-corrected chi connectivity index (χ3v) is 2.07. The maximum Gasteiger partial charge on any atom is 0.0572 e. The zero-order chi connectivity index (χ0) is 8.85. The fourth-order valence-electron chi connectivity index (χ4n) is 1.36. The standard InChI is InChI=1S/C10H22O/c1-6-11-10(5)9(4)7-8(2)3/h8-10H,6-7H2,1-5H3. The van der Waals surface area contributed by atoms with E-state index in [0.29, 0.717) is 12.0 Å². The van der Waals surface area contributed by atoms with E-state index in [4.69, 9.17) is 4.74 Å². The Balaban J connectivity index is 3.54. The molecule has 0 amide bonds. The molecule has 0 saturated heterocycles. The lowest BCUT2D eigenvalue weighted by Gasteiger charge is -2.21. The van der Waals surface area contributed by atoms with E-state index in [-0.39, 0.29) is 0 Å². The molecule has 0 aromatic heterocycles. The Bertz CT molecular complexity index is 88.9. The average molecular weight is 158 g/mol. The molecule has 0 aliphatic carbocycles. The molecule has 0 rings (SSSR count). The van der Waals surface area contributed by atoms with Gasteiger partial charge in [-0.05, 0) is 32.1 Å². The Labute approximate surface area is 71.1 Å². The molecule has 2 atom stereocenters. The Morgan fingerprint density at radius 2 is 1.64 bits per heavy atom. The molecule has 68 valence electrons. The summed E-state index contributed by atoms with van der Waals surface area (Å²) in [5, 5.41) is 0. The molecule has 0 aliphatic heterocycles. The molecule has 0 aliphatic rings. The van der Waals surface area contributed by atoms with Crippen molar-refractivity contribution in [2.24, 2.45) is 11.8 Å². The van der Waals surface area contributed by atoms with Crippen molar-refractivity contribution >= 4 is 0 Å². The van der Waals surface area contributed by atoms with E-state index in [0.717, 1.165) is 12.5 Å². The first-order valence-electron chi connectivity index (χ1n) is 4.69. The summed E-state index contributed by atoms with van der Waals surface area (Å²) < 4.78 is 5.50. The SMILES string of the molecule is CCOC(C)C(C)CC(C)C. The second-order valence-corrected chi connectivity index (χ2v) is 3.77. The smallest absolute Gasteiger partial charge is 0.0572 e. The normalized spacial score (nSPS) is 16.9. The molecular formula is C10H22O. The Hall–Kier alpha value is -0.0400. The fraction of sp³-hybridized carbons (Fsp3) is 1.00. The summed E-state index contributed by atoms with van der Waals surface area (Å²) in [4.78, 5) is 0. The summed E-state index contributed by atoms with van der Waals surface area (Å²) in [6.45, 7) is 11.8. The van der Waals surface area contributed by atoms with E-state index in [1.165, 1.54) is 6.42 Å². The minimum atomic E-state index is 0.419. The van der Waals surface area contributed by atoms with Crippen molar-refractivity contribution in [3.05, 3.63) is 0 Å². The van der Waals surface area contributed by atoms with E-state index in [9.17, 15) is 0 Å². The molecule has 1 nitrogen and oxygen atoms in total. The van der Waals surface area contributed by atoms with Crippen molar-refractivity contribution in [2.45, 2.75) is 47.1 Å². The third kappa shape index (κ3) is 5.25. The molecule has 11 heavy (non-hydrogen) atoms. The van der Waals surface area contributed by atoms with Crippen LogP contribution in [0.15, 0.2) is 0 Å². The van der Waals surface area contributed by atoms with Crippen LogP contribution in [-0.2, 0) is 4.74 Å². The fourth-order valence-corrected chi connectivity index (χ4v) is 1.36. The highest BCUT2D eigenvalue weighted by Crippen LogP contribution is 2.16. The summed E-state index contributed by atoms with van der Waals surface area (Å²) in [7, 11) is 0. The summed E-state index contributed by atoms with van der Waals surface area (Å²) in [5.41, 5.74) is 0. The summed E-state index contributed by atoms with van der Waals surface area (Å²) in [5.74, 6) is 1.47. The van der Waals surface area contributed by atoms with Gasteiger partial charge in [0.25, 0.3) is 0 Å². The van der Waals surface area contributed by atoms with E-state index in [1.807, 2.05) is 0 Å². The second kappa shape index (κ2) is 5.59. The van der Waals surface area contributed by atoms with Crippen molar-refractivity contribution in [3.63, 3.8) is 0 Å². The largest absolute Gasteiger partial charge is 0.379 e. The van der Waals surface area contributed by atoms with Gasteiger partial charge in [-0.15, -0.1) is 0 Å². The lowest BCUT2D eigenvalue weighted by molar-refractivity contribution is 0.0323. The number of rotatable bonds is 5. The van der Waals surface area contributed by atoms with Gasteiger partial charge in [0.1, 0.15) is 0 Å². The summed E-state index contributed by atoms with van der Waals surface area (Å²) in [6.07, 6.45) is 1.68. The first-order valence-corrected chi connectivity index (χ1v) is 4.69. The van der Waals surface area contributed by atoms with E-state index < -0.39 is 0 Å². The van der Waals surface area contributed by atoms with E-state index in [2.05, 4.69) is 34.6 Å². The quantitative estimate of drug-likeness (QED) is 0.597. The first kappa shape index (κ1) is 11.0. The van der Waals surface area contributed by atoms with Crippen LogP contribution in [0.2, 0.25) is 0 Å². The number of hydrogen-bond donors (Lipinski definition) is 0. The molecule has 0 radical (unpaired) electrons. The monoisotopic (exact) mass is 158 g/mol. The molecule has 0 saturated carbocycles. The van der Waals surface area contributed by atoms with Gasteiger partial charge in [0.15, 0.2) is 0 Å². The Morgan fingerprint density at radius 3 is 2.00 bits per heavy atom. The van der Waals surface area contributed by atoms with Crippen LogP contribution in [0, 0.1) is 11.8 Å². The highest BCUT2D eigenvalue weighted by Gasteiger charge is 2.12. The van der Waals surface area contributed by atoms with Gasteiger partial charge >= 0.3 is 0 Å². The van der Waals surface area contributed by atoms with Crippen LogP contribution in [0.3, 0.4) is 0 Å². The van der Waals surface area contributed by atoms with Gasteiger partial charge in [-0.25, -0.2) is 0 Å². The van der Waals surface area contributed by atoms with Crippen LogP contribution in [0.1, 0.15) is 41.0 Å². The third-order valence-electron chi connectivity index (χ3n) is 2.07. The molecule has 2 unspecified atom stereocenters. The topological polar surface area (TPSA) is 9.23 Å². The van der Waals surface area contributed by atoms with Crippen LogP contribution >= 0.6 is 0 Å². The zero-order valence-corrected chi connectivity index (χ0v) is 8.55. The number of ether oxygens (including phenoxy) is 1. The molecule has 0 N–H and O–H groups in total. The second-order valence-electron chi connectivity index (χ2n) is 3.77. The van der Waals surface area contributed by atoms with Crippen LogP contribution in [-0.4, -0.2) is 12.7 Å². The van der Waals surface area contributed by atoms with Gasteiger partial charge in [0, 0.05) is 6.61 Å². The van der Waals surface area contributed by atoms with Gasteiger partial charge in [0.2, 0.25) is 0 Å². The van der Waals surface area contributed by atoms with Crippen molar-refractivity contribution in [1.82, 2.24) is 0 Å². The summed E-state index contributed by atoms with van der Waals surface area (Å²) in [6, 6.07) is 0. The van der Waals surface area contributed by atoms with Gasteiger partial charge < -0.3 is 4.74 Å². The van der Waals surface area contributed by atoms with Crippen LogP contribution in [0.4, 0.5) is 0 Å². The molecule has 0 aromatic rings. The predicted octanol–water partition coefficient (Wildman–Crippen LogP) is 3.09. The molecule has 0 bridgehead atoms. The number of hydrogen-bond acceptors (Lipinski definition) is 1. The highest BCUT2D eigenvalue weighted by atomic mass is 16.5. The lowest BCUT2D eigenvalue weighted by atomic mass is 9.95. The molecule has 0 aromatic carbocycles. The van der Waals surface area contributed by atoms with Crippen molar-refractivity contribution in [1.29, 1.82) is 0 Å². The van der Waals surface area contributed by atoms with Crippen LogP contribution in [0.5, 0.6) is 0 Å². The Morgan fingerprint density at radius 1 is 1.09 bits per heavy atom. The average Bonchev–Trinajstić information content (AvgIpc) is 1.86. The van der Waals surface area contributed by atoms with E-state index in [1.54, 1.807) is 0 Å². The van der Waals surface area contributed by atoms with Crippen molar-refractivity contribution in [3.8, 4) is 0 Å². The molecule has 1 heteroatoms. The first-order chi connectivity index (χ1) is 5.07. The molecule has 0 spiro atoms. The maximum atomic E-state index is 5.50. The molecule has 0 fully saturated rings. The Kier molecular flexibility index (Phi) is 5.57.